The van der Waals surface area contributed by atoms with E-state index in [9.17, 15) is 0 Å². The number of carbonyl (C=O) groups is 1. The minimum Gasteiger partial charge on any atom is -0.356 e. The van der Waals surface area contributed by atoms with Crippen LogP contribution in [0.4, 0.5) is 4.79 Å². The van der Waals surface area contributed by atoms with Crippen LogP contribution < -0.4 is 98.6 Å². The Kier molecular flexibility index (Phi) is 70.5. The number of urea groups is 1. The first kappa shape index (κ1) is 36.2. The summed E-state index contributed by atoms with van der Waals surface area (Å²) in [6.45, 7) is 0. The molecule has 7 N–H and O–H groups in total. The van der Waals surface area contributed by atoms with Crippen LogP contribution in [0.1, 0.15) is 0 Å². The van der Waals surface area contributed by atoms with E-state index >= 15 is 0 Å². The van der Waals surface area contributed by atoms with Gasteiger partial charge < -0.3 is 48.3 Å². The molecule has 80 valence electrons. The maximum absolute atomic E-state index is 9.00. The van der Waals surface area contributed by atoms with Crippen LogP contribution >= 0.6 is 0 Å². The molecule has 0 atom stereocenters. The van der Waals surface area contributed by atoms with Crippen LogP contribution in [-0.4, -0.2) is 16.2 Å². The van der Waals surface area contributed by atoms with Gasteiger partial charge in [-0.3, -0.25) is 0 Å². The molecule has 2 amide bonds. The molecule has 0 aliphatic carbocycles. The molecule has 14 heteroatoms. The molecule has 0 aromatic rings. The molecule has 0 spiro atoms. The van der Waals surface area contributed by atoms with Gasteiger partial charge in [0, 0.05) is 0 Å². The standard InChI is InChI=1S/CH4N2O.K.2NO3.H3N.Na/c2-1(3)4;;2*2-1(3)4;;/h(H4,2,3,4);;;;1H3;/q;+1;2*-1;;+1. The van der Waals surface area contributed by atoms with Gasteiger partial charge in [-0.2, -0.15) is 0 Å². The molecule has 0 saturated heterocycles. The van der Waals surface area contributed by atoms with Gasteiger partial charge in [-0.15, -0.1) is 0 Å². The normalized spacial score (nSPS) is 4.80. The Morgan fingerprint density at radius 2 is 0.933 bits per heavy atom. The molecular weight excluding hydrogens is 256 g/mol. The van der Waals surface area contributed by atoms with Crippen molar-refractivity contribution in [2.24, 2.45) is 11.5 Å². The van der Waals surface area contributed by atoms with E-state index in [1.165, 1.54) is 0 Å². The van der Waals surface area contributed by atoms with Crippen molar-refractivity contribution in [2.45, 2.75) is 0 Å². The quantitative estimate of drug-likeness (QED) is 0.215. The Morgan fingerprint density at radius 3 is 0.933 bits per heavy atom. The average Bonchev–Trinajstić information content (AvgIpc) is 1.54. The summed E-state index contributed by atoms with van der Waals surface area (Å²) in [6, 6.07) is -0.833. The predicted octanol–water partition coefficient (Wildman–Crippen LogP) is -7.28. The van der Waals surface area contributed by atoms with E-state index in [-0.39, 0.29) is 87.1 Å². The topological polar surface area (TPSA) is 237 Å². The Bertz CT molecular complexity index is 125. The predicted molar refractivity (Wildman–Crippen MR) is 39.5 cm³/mol. The van der Waals surface area contributed by atoms with Crippen molar-refractivity contribution in [3.63, 3.8) is 0 Å². The number of nitrogens with two attached hydrogens (primary N) is 2. The summed E-state index contributed by atoms with van der Waals surface area (Å²) in [6.07, 6.45) is 0. The molecule has 0 bridgehead atoms. The fourth-order valence-electron chi connectivity index (χ4n) is 0. The third kappa shape index (κ3) is 30300. The third-order valence-electron chi connectivity index (χ3n) is 0. The molecule has 0 saturated carbocycles. The zero-order chi connectivity index (χ0) is 10.7. The molecule has 0 unspecified atom stereocenters. The second-order valence-corrected chi connectivity index (χ2v) is 0.850. The molecule has 15 heavy (non-hydrogen) atoms. The van der Waals surface area contributed by atoms with E-state index < -0.39 is 16.2 Å². The SMILES string of the molecule is N.NC(N)=O.O=[N+]([O-])[O-].O=[N+]([O-])[O-].[K+].[Na+]. The van der Waals surface area contributed by atoms with Gasteiger partial charge in [-0.1, -0.05) is 0 Å². The molecule has 0 aromatic heterocycles. The van der Waals surface area contributed by atoms with Crippen molar-refractivity contribution < 1.29 is 95.9 Å². The van der Waals surface area contributed by atoms with E-state index in [0.29, 0.717) is 0 Å². The number of nitrogens with zero attached hydrogens (tertiary/aromatic N) is 2. The van der Waals surface area contributed by atoms with Gasteiger partial charge in [0.25, 0.3) is 0 Å². The van der Waals surface area contributed by atoms with Gasteiger partial charge in [0.15, 0.2) is 0 Å². The van der Waals surface area contributed by atoms with E-state index in [1.807, 2.05) is 0 Å². The monoisotopic (exact) mass is 263 g/mol. The maximum atomic E-state index is 9.00. The third-order valence-corrected chi connectivity index (χ3v) is 0. The summed E-state index contributed by atoms with van der Waals surface area (Å²) in [5.74, 6) is 0. The molecule has 0 fully saturated rings. The first-order valence-electron chi connectivity index (χ1n) is 1.88. The number of amides is 2. The maximum Gasteiger partial charge on any atom is 1.00 e. The second-order valence-electron chi connectivity index (χ2n) is 0.850. The van der Waals surface area contributed by atoms with Crippen molar-refractivity contribution in [2.75, 3.05) is 0 Å². The van der Waals surface area contributed by atoms with Crippen molar-refractivity contribution >= 4 is 6.03 Å². The number of carbonyl (C=O) groups excluding carboxylic acids is 1. The van der Waals surface area contributed by atoms with Crippen molar-refractivity contribution in [1.82, 2.24) is 6.15 Å². The zero-order valence-corrected chi connectivity index (χ0v) is 13.2. The zero-order valence-electron chi connectivity index (χ0n) is 8.11. The summed E-state index contributed by atoms with van der Waals surface area (Å²) in [5.41, 5.74) is 8.50. The number of hydrogen-bond donors (Lipinski definition) is 3. The summed E-state index contributed by atoms with van der Waals surface area (Å²) in [5, 5.41) is 29.5. The van der Waals surface area contributed by atoms with Gasteiger partial charge in [-0.05, 0) is 0 Å². The summed E-state index contributed by atoms with van der Waals surface area (Å²) in [4.78, 5) is 25.5. The average molecular weight is 263 g/mol. The molecule has 0 radical (unpaired) electrons. The number of rotatable bonds is 0. The largest absolute Gasteiger partial charge is 1.00 e. The van der Waals surface area contributed by atoms with Gasteiger partial charge in [0.05, 0.1) is 10.2 Å². The molecule has 0 aliphatic rings. The van der Waals surface area contributed by atoms with Crippen LogP contribution in [0.15, 0.2) is 0 Å². The first-order valence-corrected chi connectivity index (χ1v) is 1.88. The van der Waals surface area contributed by atoms with E-state index in [0.717, 1.165) is 0 Å². The Balaban J connectivity index is -0.0000000184. The molecule has 0 aliphatic heterocycles. The summed E-state index contributed by atoms with van der Waals surface area (Å²) in [7, 11) is 0. The van der Waals surface area contributed by atoms with Gasteiger partial charge >= 0.3 is 87.0 Å². The van der Waals surface area contributed by atoms with Crippen molar-refractivity contribution in [1.29, 1.82) is 0 Å². The van der Waals surface area contributed by atoms with Gasteiger partial charge in [0.2, 0.25) is 0 Å². The Labute approximate surface area is 148 Å². The molecule has 0 heterocycles. The van der Waals surface area contributed by atoms with Crippen LogP contribution in [0, 0.1) is 30.6 Å². The molecule has 0 aromatic carbocycles. The molecule has 0 rings (SSSR count). The Hall–Kier alpha value is 0.266. The fourth-order valence-corrected chi connectivity index (χ4v) is 0. The number of primary amides is 2. The summed E-state index contributed by atoms with van der Waals surface area (Å²) >= 11 is 0. The Morgan fingerprint density at radius 1 is 0.933 bits per heavy atom. The van der Waals surface area contributed by atoms with Crippen molar-refractivity contribution in [3.8, 4) is 0 Å². The van der Waals surface area contributed by atoms with Crippen LogP contribution in [0.3, 0.4) is 0 Å². The smallest absolute Gasteiger partial charge is 0.356 e. The molecular formula is CH7KN5NaO7. The minimum absolute atomic E-state index is 0. The van der Waals surface area contributed by atoms with Gasteiger partial charge in [-0.25, -0.2) is 4.79 Å². The number of hydrogen-bond acceptors (Lipinski definition) is 8. The van der Waals surface area contributed by atoms with E-state index in [4.69, 9.17) is 35.4 Å². The van der Waals surface area contributed by atoms with Crippen LogP contribution in [0.2, 0.25) is 0 Å². The fraction of sp³-hybridized carbons (Fsp3) is 0. The first-order chi connectivity index (χ1) is 5.20. The van der Waals surface area contributed by atoms with Crippen molar-refractivity contribution in [3.05, 3.63) is 30.6 Å². The summed E-state index contributed by atoms with van der Waals surface area (Å²) < 4.78 is 0. The minimum atomic E-state index is -1.75. The van der Waals surface area contributed by atoms with Crippen LogP contribution in [0.5, 0.6) is 0 Å². The molecule has 12 nitrogen and oxygen atoms in total. The van der Waals surface area contributed by atoms with Gasteiger partial charge in [0.1, 0.15) is 0 Å². The van der Waals surface area contributed by atoms with Crippen LogP contribution in [-0.2, 0) is 0 Å². The van der Waals surface area contributed by atoms with E-state index in [1.54, 1.807) is 0 Å². The second kappa shape index (κ2) is 29.2. The van der Waals surface area contributed by atoms with Crippen LogP contribution in [0.25, 0.3) is 0 Å². The van der Waals surface area contributed by atoms with E-state index in [2.05, 4.69) is 11.5 Å².